The van der Waals surface area contributed by atoms with E-state index in [0.717, 1.165) is 17.8 Å². The molecule has 21 heavy (non-hydrogen) atoms. The number of aryl methyl sites for hydroxylation is 1. The van der Waals surface area contributed by atoms with Crippen LogP contribution in [0.25, 0.3) is 0 Å². The summed E-state index contributed by atoms with van der Waals surface area (Å²) in [5.41, 5.74) is 1.42. The maximum atomic E-state index is 5.21. The fourth-order valence-corrected chi connectivity index (χ4v) is 3.43. The van der Waals surface area contributed by atoms with Crippen molar-refractivity contribution in [2.24, 2.45) is 0 Å². The molecular weight excluding hydrogens is 258 g/mol. The molecule has 1 aliphatic carbocycles. The van der Waals surface area contributed by atoms with Gasteiger partial charge in [0.2, 0.25) is 0 Å². The molecule has 0 unspecified atom stereocenters. The van der Waals surface area contributed by atoms with Crippen LogP contribution in [-0.4, -0.2) is 19.2 Å². The van der Waals surface area contributed by atoms with Gasteiger partial charge in [0.25, 0.3) is 0 Å². The first-order valence-corrected chi connectivity index (χ1v) is 8.76. The van der Waals surface area contributed by atoms with Crippen molar-refractivity contribution < 1.29 is 10.1 Å². The van der Waals surface area contributed by atoms with E-state index in [1.165, 1.54) is 63.4 Å². The molecule has 2 rings (SSSR count). The van der Waals surface area contributed by atoms with E-state index < -0.39 is 0 Å². The molecule has 1 aliphatic rings. The fraction of sp³-hybridized carbons (Fsp3) is 0.684. The first-order chi connectivity index (χ1) is 10.3. The Labute approximate surface area is 130 Å². The van der Waals surface area contributed by atoms with Crippen LogP contribution in [0.5, 0.6) is 5.75 Å². The quantitative estimate of drug-likeness (QED) is 0.849. The maximum Gasteiger partial charge on any atom is 0.118 e. The number of benzene rings is 1. The molecule has 118 valence electrons. The number of quaternary nitrogens is 1. The molecule has 2 nitrogen and oxygen atoms in total. The maximum absolute atomic E-state index is 5.21. The van der Waals surface area contributed by atoms with Crippen LogP contribution in [0.2, 0.25) is 0 Å². The molecule has 2 heteroatoms. The third kappa shape index (κ3) is 6.09. The van der Waals surface area contributed by atoms with E-state index in [-0.39, 0.29) is 0 Å². The summed E-state index contributed by atoms with van der Waals surface area (Å²) >= 11 is 0. The molecule has 0 heterocycles. The van der Waals surface area contributed by atoms with Crippen molar-refractivity contribution in [3.8, 4) is 5.75 Å². The number of methoxy groups -OCH3 is 1. The fourth-order valence-electron chi connectivity index (χ4n) is 3.43. The lowest BCUT2D eigenvalue weighted by atomic mass is 9.95. The third-order valence-electron chi connectivity index (χ3n) is 4.80. The minimum atomic E-state index is 0.733. The highest BCUT2D eigenvalue weighted by atomic mass is 16.5. The smallest absolute Gasteiger partial charge is 0.118 e. The van der Waals surface area contributed by atoms with Crippen LogP contribution in [0.3, 0.4) is 0 Å². The van der Waals surface area contributed by atoms with Gasteiger partial charge >= 0.3 is 0 Å². The molecule has 0 saturated heterocycles. The summed E-state index contributed by atoms with van der Waals surface area (Å²) in [5.74, 6) is 0.952. The highest BCUT2D eigenvalue weighted by molar-refractivity contribution is 5.27. The van der Waals surface area contributed by atoms with Crippen LogP contribution in [-0.2, 0) is 6.42 Å². The molecule has 1 aromatic rings. The zero-order valence-corrected chi connectivity index (χ0v) is 13.8. The largest absolute Gasteiger partial charge is 0.497 e. The van der Waals surface area contributed by atoms with E-state index in [1.54, 1.807) is 7.11 Å². The van der Waals surface area contributed by atoms with Gasteiger partial charge < -0.3 is 10.1 Å². The number of hydrogen-bond donors (Lipinski definition) is 1. The van der Waals surface area contributed by atoms with Gasteiger partial charge in [0.15, 0.2) is 0 Å². The van der Waals surface area contributed by atoms with E-state index in [4.69, 9.17) is 4.74 Å². The number of nitrogens with two attached hydrogens (primary N) is 1. The second kappa shape index (κ2) is 9.09. The van der Waals surface area contributed by atoms with E-state index in [9.17, 15) is 0 Å². The average molecular weight is 290 g/mol. The molecule has 0 radical (unpaired) electrons. The first-order valence-electron chi connectivity index (χ1n) is 8.76. The van der Waals surface area contributed by atoms with Crippen LogP contribution in [0.4, 0.5) is 0 Å². The normalized spacial score (nSPS) is 18.8. The second-order valence-electron chi connectivity index (χ2n) is 6.66. The predicted molar refractivity (Wildman–Crippen MR) is 88.8 cm³/mol. The van der Waals surface area contributed by atoms with Gasteiger partial charge in [-0.25, -0.2) is 0 Å². The number of ether oxygens (including phenoxy) is 1. The highest BCUT2D eigenvalue weighted by Gasteiger charge is 2.17. The average Bonchev–Trinajstić information content (AvgIpc) is 2.48. The minimum Gasteiger partial charge on any atom is -0.497 e. The Morgan fingerprint density at radius 3 is 2.29 bits per heavy atom. The predicted octanol–water partition coefficient (Wildman–Crippen LogP) is 3.69. The molecule has 1 fully saturated rings. The summed E-state index contributed by atoms with van der Waals surface area (Å²) in [7, 11) is 1.72. The molecule has 0 bridgehead atoms. The highest BCUT2D eigenvalue weighted by Crippen LogP contribution is 2.16. The number of rotatable bonds is 6. The Kier molecular flexibility index (Phi) is 7.08. The molecular formula is C19H32NO+. The van der Waals surface area contributed by atoms with Gasteiger partial charge in [-0.2, -0.15) is 0 Å². The van der Waals surface area contributed by atoms with Crippen LogP contribution >= 0.6 is 0 Å². The monoisotopic (exact) mass is 290 g/mol. The Morgan fingerprint density at radius 2 is 1.67 bits per heavy atom. The Bertz CT molecular complexity index is 379. The van der Waals surface area contributed by atoms with Crippen molar-refractivity contribution in [3.63, 3.8) is 0 Å². The van der Waals surface area contributed by atoms with Crippen molar-refractivity contribution in [1.82, 2.24) is 0 Å². The number of hydrogen-bond acceptors (Lipinski definition) is 1. The molecule has 2 N–H and O–H groups in total. The molecule has 1 aromatic carbocycles. The summed E-state index contributed by atoms with van der Waals surface area (Å²) < 4.78 is 5.21. The molecule has 1 saturated carbocycles. The SMILES string of the molecule is COc1ccc(CC[C@@H](C)[NH2+]C2CCCCCCC2)cc1. The second-order valence-corrected chi connectivity index (χ2v) is 6.66. The Balaban J connectivity index is 1.71. The van der Waals surface area contributed by atoms with Crippen LogP contribution < -0.4 is 10.1 Å². The summed E-state index contributed by atoms with van der Waals surface area (Å²) in [6.07, 6.45) is 12.5. The van der Waals surface area contributed by atoms with Crippen molar-refractivity contribution >= 4 is 0 Å². The summed E-state index contributed by atoms with van der Waals surface area (Å²) in [6, 6.07) is 10.1. The minimum absolute atomic E-state index is 0.733. The summed E-state index contributed by atoms with van der Waals surface area (Å²) in [6.45, 7) is 2.39. The molecule has 0 amide bonds. The lowest BCUT2D eigenvalue weighted by Crippen LogP contribution is -2.94. The van der Waals surface area contributed by atoms with Crippen molar-refractivity contribution in [1.29, 1.82) is 0 Å². The first kappa shape index (κ1) is 16.4. The van der Waals surface area contributed by atoms with Gasteiger partial charge in [0, 0.05) is 6.42 Å². The Morgan fingerprint density at radius 1 is 1.05 bits per heavy atom. The van der Waals surface area contributed by atoms with Crippen molar-refractivity contribution in [2.45, 2.75) is 76.8 Å². The zero-order valence-electron chi connectivity index (χ0n) is 13.8. The van der Waals surface area contributed by atoms with E-state index in [1.807, 2.05) is 0 Å². The zero-order chi connectivity index (χ0) is 14.9. The van der Waals surface area contributed by atoms with Crippen LogP contribution in [0.1, 0.15) is 63.9 Å². The van der Waals surface area contributed by atoms with E-state index in [2.05, 4.69) is 36.5 Å². The summed E-state index contributed by atoms with van der Waals surface area (Å²) in [5, 5.41) is 2.65. The molecule has 0 aliphatic heterocycles. The van der Waals surface area contributed by atoms with Gasteiger partial charge in [-0.1, -0.05) is 31.4 Å². The standard InChI is InChI=1S/C19H31NO/c1-16(20-18-8-6-4-3-5-7-9-18)10-11-17-12-14-19(21-2)15-13-17/h12-16,18,20H,3-11H2,1-2H3/p+1/t16-/m1/s1. The van der Waals surface area contributed by atoms with E-state index in [0.29, 0.717) is 0 Å². The molecule has 1 atom stereocenters. The van der Waals surface area contributed by atoms with Gasteiger partial charge in [-0.15, -0.1) is 0 Å². The van der Waals surface area contributed by atoms with Gasteiger partial charge in [-0.05, 0) is 56.7 Å². The summed E-state index contributed by atoms with van der Waals surface area (Å²) in [4.78, 5) is 0. The van der Waals surface area contributed by atoms with Crippen molar-refractivity contribution in [3.05, 3.63) is 29.8 Å². The van der Waals surface area contributed by atoms with E-state index >= 15 is 0 Å². The topological polar surface area (TPSA) is 25.8 Å². The Hall–Kier alpha value is -1.02. The lowest BCUT2D eigenvalue weighted by molar-refractivity contribution is -0.720. The van der Waals surface area contributed by atoms with Gasteiger partial charge in [0.1, 0.15) is 5.75 Å². The third-order valence-corrected chi connectivity index (χ3v) is 4.80. The van der Waals surface area contributed by atoms with Crippen molar-refractivity contribution in [2.75, 3.05) is 7.11 Å². The van der Waals surface area contributed by atoms with Crippen LogP contribution in [0, 0.1) is 0 Å². The molecule has 0 spiro atoms. The van der Waals surface area contributed by atoms with Gasteiger partial charge in [0.05, 0.1) is 19.2 Å². The molecule has 0 aromatic heterocycles. The van der Waals surface area contributed by atoms with Gasteiger partial charge in [-0.3, -0.25) is 0 Å². The lowest BCUT2D eigenvalue weighted by Gasteiger charge is -2.22. The van der Waals surface area contributed by atoms with Crippen LogP contribution in [0.15, 0.2) is 24.3 Å².